The number of nitrogens with one attached hydrogen (secondary N) is 2. The molecule has 12 nitrogen and oxygen atoms in total. The second-order valence-corrected chi connectivity index (χ2v) is 8.39. The van der Waals surface area contributed by atoms with E-state index in [9.17, 15) is 29.8 Å². The Morgan fingerprint density at radius 3 is 1.56 bits per heavy atom. The molecule has 2 N–H and O–H groups in total. The second-order valence-electron chi connectivity index (χ2n) is 8.39. The molecule has 0 heterocycles. The van der Waals surface area contributed by atoms with Crippen LogP contribution in [-0.2, 0) is 19.1 Å². The molecule has 3 aromatic carbocycles. The fourth-order valence-corrected chi connectivity index (χ4v) is 3.86. The Hall–Kier alpha value is -5.52. The molecule has 12 heteroatoms. The van der Waals surface area contributed by atoms with Crippen molar-refractivity contribution in [1.29, 1.82) is 0 Å². The van der Waals surface area contributed by atoms with Crippen molar-refractivity contribution in [2.75, 3.05) is 23.8 Å². The highest BCUT2D eigenvalue weighted by Crippen LogP contribution is 2.34. The Labute approximate surface area is 235 Å². The summed E-state index contributed by atoms with van der Waals surface area (Å²) in [5, 5.41) is 28.3. The summed E-state index contributed by atoms with van der Waals surface area (Å²) in [7, 11) is 0. The van der Waals surface area contributed by atoms with Crippen LogP contribution in [0.2, 0.25) is 0 Å². The van der Waals surface area contributed by atoms with Gasteiger partial charge in [0.25, 0.3) is 11.4 Å². The van der Waals surface area contributed by atoms with Crippen LogP contribution in [0.5, 0.6) is 0 Å². The number of nitro benzene ring substituents is 2. The fraction of sp³-hybridized carbons (Fsp3) is 0.172. The largest absolute Gasteiger partial charge is 0.463 e. The first-order chi connectivity index (χ1) is 19.7. The van der Waals surface area contributed by atoms with Gasteiger partial charge in [0.2, 0.25) is 0 Å². The molecule has 0 aliphatic rings. The van der Waals surface area contributed by atoms with Crippen molar-refractivity contribution in [1.82, 2.24) is 0 Å². The van der Waals surface area contributed by atoms with Crippen LogP contribution in [0.1, 0.15) is 25.3 Å². The molecule has 0 aromatic heterocycles. The number of benzene rings is 3. The number of nitro groups is 2. The van der Waals surface area contributed by atoms with Gasteiger partial charge in [0.05, 0.1) is 40.1 Å². The Morgan fingerprint density at radius 2 is 1.17 bits per heavy atom. The average Bonchev–Trinajstić information content (AvgIpc) is 2.97. The van der Waals surface area contributed by atoms with Gasteiger partial charge in [-0.05, 0) is 31.5 Å². The van der Waals surface area contributed by atoms with Crippen LogP contribution in [0.3, 0.4) is 0 Å². The summed E-state index contributed by atoms with van der Waals surface area (Å²) < 4.78 is 10.6. The molecule has 0 atom stereocenters. The molecular weight excluding hydrogens is 532 g/mol. The average molecular weight is 561 g/mol. The van der Waals surface area contributed by atoms with Gasteiger partial charge in [-0.2, -0.15) is 0 Å². The summed E-state index contributed by atoms with van der Waals surface area (Å²) in [5.74, 6) is -2.53. The van der Waals surface area contributed by atoms with Crippen LogP contribution in [-0.4, -0.2) is 35.0 Å². The van der Waals surface area contributed by atoms with Crippen molar-refractivity contribution >= 4 is 34.7 Å². The van der Waals surface area contributed by atoms with Gasteiger partial charge in [-0.25, -0.2) is 9.59 Å². The van der Waals surface area contributed by atoms with Crippen molar-refractivity contribution in [3.8, 4) is 0 Å². The number of rotatable bonds is 13. The zero-order valence-electron chi connectivity index (χ0n) is 22.3. The summed E-state index contributed by atoms with van der Waals surface area (Å²) in [5.41, 5.74) is 0.874. The zero-order valence-corrected chi connectivity index (χ0v) is 22.3. The van der Waals surface area contributed by atoms with Gasteiger partial charge < -0.3 is 20.1 Å². The topological polar surface area (TPSA) is 163 Å². The lowest BCUT2D eigenvalue weighted by molar-refractivity contribution is -0.385. The molecule has 0 aliphatic heterocycles. The van der Waals surface area contributed by atoms with E-state index in [0.717, 1.165) is 0 Å². The highest BCUT2D eigenvalue weighted by Gasteiger charge is 2.32. The van der Waals surface area contributed by atoms with E-state index in [4.69, 9.17) is 9.47 Å². The minimum absolute atomic E-state index is 0.00435. The molecule has 0 amide bonds. The van der Waals surface area contributed by atoms with Crippen LogP contribution >= 0.6 is 0 Å². The maximum absolute atomic E-state index is 13.3. The summed E-state index contributed by atoms with van der Waals surface area (Å²) >= 11 is 0. The molecule has 212 valence electrons. The Bertz CT molecular complexity index is 1380. The smallest absolute Gasteiger partial charge is 0.336 e. The number of esters is 2. The number of anilines is 2. The lowest BCUT2D eigenvalue weighted by atomic mass is 9.85. The highest BCUT2D eigenvalue weighted by atomic mass is 16.6. The third kappa shape index (κ3) is 8.23. The predicted molar refractivity (Wildman–Crippen MR) is 152 cm³/mol. The van der Waals surface area contributed by atoms with Crippen molar-refractivity contribution in [2.45, 2.75) is 19.8 Å². The maximum Gasteiger partial charge on any atom is 0.336 e. The van der Waals surface area contributed by atoms with Crippen molar-refractivity contribution in [3.05, 3.63) is 128 Å². The first-order valence-corrected chi connectivity index (χ1v) is 12.6. The molecular formula is C29H28N4O8. The van der Waals surface area contributed by atoms with E-state index in [0.29, 0.717) is 16.9 Å². The van der Waals surface area contributed by atoms with E-state index >= 15 is 0 Å². The van der Waals surface area contributed by atoms with Gasteiger partial charge in [0.15, 0.2) is 0 Å². The number of nitrogens with zero attached hydrogens (tertiary/aromatic N) is 2. The van der Waals surface area contributed by atoms with Crippen LogP contribution in [0.25, 0.3) is 0 Å². The number of ether oxygens (including phenoxy) is 2. The SMILES string of the molecule is CCOC(=O)C(=CNc1cccc([N+](=O)[O-])c1)C(C(=CNc1cccc([N+](=O)[O-])c1)C(=O)OCC)c1ccccc1. The molecule has 0 saturated carbocycles. The standard InChI is InChI=1S/C29H28N4O8/c1-3-40-28(34)25(18-30-21-12-8-14-23(16-21)32(36)37)27(20-10-6-5-7-11-20)26(29(35)41-4-2)19-31-22-13-9-15-24(17-22)33(38)39/h5-19,27,30-31H,3-4H2,1-2H3. The third-order valence-corrected chi connectivity index (χ3v) is 5.68. The van der Waals surface area contributed by atoms with E-state index in [1.807, 2.05) is 0 Å². The molecule has 3 rings (SSSR count). The van der Waals surface area contributed by atoms with E-state index in [-0.39, 0.29) is 35.7 Å². The number of non-ortho nitro benzene ring substituents is 2. The Kier molecular flexibility index (Phi) is 10.7. The minimum Gasteiger partial charge on any atom is -0.463 e. The molecule has 0 fully saturated rings. The van der Waals surface area contributed by atoms with E-state index < -0.39 is 27.7 Å². The van der Waals surface area contributed by atoms with Gasteiger partial charge in [-0.3, -0.25) is 20.2 Å². The van der Waals surface area contributed by atoms with Gasteiger partial charge >= 0.3 is 11.9 Å². The lowest BCUT2D eigenvalue weighted by Gasteiger charge is -2.23. The zero-order chi connectivity index (χ0) is 29.8. The van der Waals surface area contributed by atoms with E-state index in [2.05, 4.69) is 10.6 Å². The summed E-state index contributed by atoms with van der Waals surface area (Å²) in [4.78, 5) is 48.0. The lowest BCUT2D eigenvalue weighted by Crippen LogP contribution is -2.23. The molecule has 0 unspecified atom stereocenters. The monoisotopic (exact) mass is 560 g/mol. The molecule has 0 saturated heterocycles. The molecule has 0 bridgehead atoms. The van der Waals surface area contributed by atoms with Crippen molar-refractivity contribution in [2.24, 2.45) is 0 Å². The summed E-state index contributed by atoms with van der Waals surface area (Å²) in [6.45, 7) is 3.34. The first kappa shape index (κ1) is 30.0. The van der Waals surface area contributed by atoms with Crippen LogP contribution in [0.15, 0.2) is 102 Å². The first-order valence-electron chi connectivity index (χ1n) is 12.6. The second kappa shape index (κ2) is 14.6. The van der Waals surface area contributed by atoms with Crippen LogP contribution < -0.4 is 10.6 Å². The van der Waals surface area contributed by atoms with Crippen LogP contribution in [0.4, 0.5) is 22.7 Å². The maximum atomic E-state index is 13.3. The number of hydrogen-bond donors (Lipinski definition) is 2. The van der Waals surface area contributed by atoms with Gasteiger partial charge in [-0.1, -0.05) is 42.5 Å². The summed E-state index contributed by atoms with van der Waals surface area (Å²) in [6.07, 6.45) is 2.66. The predicted octanol–water partition coefficient (Wildman–Crippen LogP) is 5.70. The van der Waals surface area contributed by atoms with Crippen LogP contribution in [0, 0.1) is 20.2 Å². The van der Waals surface area contributed by atoms with E-state index in [1.165, 1.54) is 48.8 Å². The Balaban J connectivity index is 2.17. The van der Waals surface area contributed by atoms with Gasteiger partial charge in [0.1, 0.15) is 0 Å². The number of carbonyl (C=O) groups excluding carboxylic acids is 2. The van der Waals surface area contributed by atoms with E-state index in [1.54, 1.807) is 56.3 Å². The fourth-order valence-electron chi connectivity index (χ4n) is 3.86. The third-order valence-electron chi connectivity index (χ3n) is 5.68. The molecule has 41 heavy (non-hydrogen) atoms. The minimum atomic E-state index is -1.04. The van der Waals surface area contributed by atoms with Gasteiger partial charge in [-0.15, -0.1) is 0 Å². The van der Waals surface area contributed by atoms with Crippen molar-refractivity contribution < 1.29 is 28.9 Å². The number of hydrogen-bond acceptors (Lipinski definition) is 10. The molecule has 3 aromatic rings. The normalized spacial score (nSPS) is 12.1. The van der Waals surface area contributed by atoms with Gasteiger partial charge in [0, 0.05) is 48.0 Å². The highest BCUT2D eigenvalue weighted by molar-refractivity contribution is 5.98. The molecule has 0 spiro atoms. The van der Waals surface area contributed by atoms with Crippen molar-refractivity contribution in [3.63, 3.8) is 0 Å². The quantitative estimate of drug-likeness (QED) is 0.115. The summed E-state index contributed by atoms with van der Waals surface area (Å²) in [6, 6.07) is 20.0. The molecule has 0 aliphatic carbocycles. The number of carbonyl (C=O) groups is 2. The Morgan fingerprint density at radius 1 is 0.732 bits per heavy atom. The molecule has 0 radical (unpaired) electrons.